The van der Waals surface area contributed by atoms with Crippen molar-refractivity contribution in [3.8, 4) is 11.4 Å². The van der Waals surface area contributed by atoms with Crippen LogP contribution in [0.25, 0.3) is 5.69 Å². The predicted molar refractivity (Wildman–Crippen MR) is 130 cm³/mol. The number of amides is 1. The number of halogens is 1. The van der Waals surface area contributed by atoms with Gasteiger partial charge in [-0.3, -0.25) is 14.2 Å². The minimum Gasteiger partial charge on any atom is -0.481 e. The Morgan fingerprint density at radius 1 is 1.16 bits per heavy atom. The number of carbonyl (C=O) groups excluding carboxylic acids is 2. The van der Waals surface area contributed by atoms with E-state index >= 15 is 0 Å². The Balaban J connectivity index is 1.46. The van der Waals surface area contributed by atoms with Gasteiger partial charge in [-0.1, -0.05) is 36.4 Å². The van der Waals surface area contributed by atoms with Crippen LogP contribution in [0, 0.1) is 5.82 Å². The zero-order chi connectivity index (χ0) is 25.8. The van der Waals surface area contributed by atoms with Crippen LogP contribution in [0.3, 0.4) is 0 Å². The van der Waals surface area contributed by atoms with Gasteiger partial charge in [-0.15, -0.1) is 0 Å². The summed E-state index contributed by atoms with van der Waals surface area (Å²) >= 11 is 0. The summed E-state index contributed by atoms with van der Waals surface area (Å²) in [5, 5.41) is 6.77. The molecule has 1 amide bonds. The maximum absolute atomic E-state index is 13.9. The van der Waals surface area contributed by atoms with Gasteiger partial charge >= 0.3 is 0 Å². The first-order chi connectivity index (χ1) is 18.0. The molecule has 0 bridgehead atoms. The van der Waals surface area contributed by atoms with Crippen LogP contribution < -0.4 is 20.5 Å². The number of benzene rings is 2. The largest absolute Gasteiger partial charge is 0.481 e. The summed E-state index contributed by atoms with van der Waals surface area (Å²) in [5.41, 5.74) is 1.06. The van der Waals surface area contributed by atoms with Crippen molar-refractivity contribution in [2.24, 2.45) is 0 Å². The maximum Gasteiger partial charge on any atom is 0.298 e. The molecule has 2 aromatic heterocycles. The molecule has 0 saturated carbocycles. The molecule has 0 spiro atoms. The van der Waals surface area contributed by atoms with Crippen LogP contribution in [-0.4, -0.2) is 49.6 Å². The van der Waals surface area contributed by atoms with E-state index in [0.29, 0.717) is 30.6 Å². The van der Waals surface area contributed by atoms with Crippen molar-refractivity contribution in [2.75, 3.05) is 18.0 Å². The number of hydrogen-bond donors (Lipinski definition) is 1. The molecule has 5 rings (SSSR count). The number of ether oxygens (including phenoxy) is 1. The fraction of sp³-hybridized carbons (Fsp3) is 0.200. The van der Waals surface area contributed by atoms with Gasteiger partial charge in [-0.2, -0.15) is 5.10 Å². The highest BCUT2D eigenvalue weighted by molar-refractivity contribution is 5.95. The normalized spacial score (nSPS) is 12.3. The van der Waals surface area contributed by atoms with Crippen molar-refractivity contribution in [1.82, 2.24) is 29.6 Å². The third-order valence-corrected chi connectivity index (χ3v) is 5.87. The van der Waals surface area contributed by atoms with E-state index in [2.05, 4.69) is 20.4 Å². The van der Waals surface area contributed by atoms with E-state index in [9.17, 15) is 18.8 Å². The molecular formula is C25H22FN7O4. The number of fused-ring (bicyclic) bond motifs is 1. The summed E-state index contributed by atoms with van der Waals surface area (Å²) in [6.45, 7) is 0.805. The monoisotopic (exact) mass is 503 g/mol. The molecule has 11 nitrogen and oxygen atoms in total. The van der Waals surface area contributed by atoms with Crippen molar-refractivity contribution in [3.05, 3.63) is 94.2 Å². The second-order valence-corrected chi connectivity index (χ2v) is 8.23. The highest BCUT2D eigenvalue weighted by Crippen LogP contribution is 2.23. The van der Waals surface area contributed by atoms with Crippen LogP contribution in [0.15, 0.2) is 66.0 Å². The zero-order valence-electron chi connectivity index (χ0n) is 19.6. The Kier molecular flexibility index (Phi) is 6.70. The van der Waals surface area contributed by atoms with Gasteiger partial charge in [0.25, 0.3) is 11.5 Å². The molecular weight excluding hydrogens is 481 g/mol. The van der Waals surface area contributed by atoms with E-state index in [1.165, 1.54) is 40.1 Å². The van der Waals surface area contributed by atoms with E-state index in [0.717, 1.165) is 5.56 Å². The van der Waals surface area contributed by atoms with Crippen molar-refractivity contribution < 1.29 is 18.7 Å². The van der Waals surface area contributed by atoms with Gasteiger partial charge < -0.3 is 19.7 Å². The Labute approximate surface area is 210 Å². The summed E-state index contributed by atoms with van der Waals surface area (Å²) in [6, 6.07) is 13.3. The summed E-state index contributed by atoms with van der Waals surface area (Å²) in [5.74, 6) is -1.09. The lowest BCUT2D eigenvalue weighted by Gasteiger charge is -2.17. The number of aromatic nitrogens is 5. The number of nitrogens with one attached hydrogen (secondary N) is 1. The summed E-state index contributed by atoms with van der Waals surface area (Å²) in [6.07, 6.45) is 3.44. The fourth-order valence-corrected chi connectivity index (χ4v) is 4.06. The molecule has 12 heteroatoms. The van der Waals surface area contributed by atoms with Gasteiger partial charge in [0.2, 0.25) is 11.7 Å². The third kappa shape index (κ3) is 4.94. The summed E-state index contributed by atoms with van der Waals surface area (Å²) in [4.78, 5) is 47.7. The number of rotatable bonds is 9. The van der Waals surface area contributed by atoms with Crippen LogP contribution >= 0.6 is 0 Å². The topological polar surface area (TPSA) is 124 Å². The summed E-state index contributed by atoms with van der Waals surface area (Å²) < 4.78 is 22.5. The number of anilines is 1. The highest BCUT2D eigenvalue weighted by atomic mass is 19.1. The third-order valence-electron chi connectivity index (χ3n) is 5.87. The van der Waals surface area contributed by atoms with Crippen LogP contribution in [0.5, 0.6) is 5.75 Å². The van der Waals surface area contributed by atoms with E-state index in [-0.39, 0.29) is 37.1 Å². The van der Waals surface area contributed by atoms with Gasteiger partial charge in [0.05, 0.1) is 12.2 Å². The van der Waals surface area contributed by atoms with Gasteiger partial charge in [-0.05, 0) is 23.3 Å². The Bertz CT molecular complexity index is 1490. The first kappa shape index (κ1) is 23.9. The zero-order valence-corrected chi connectivity index (χ0v) is 19.6. The minimum atomic E-state index is -0.657. The Hall–Kier alpha value is -4.87. The minimum absolute atomic E-state index is 0.00934. The van der Waals surface area contributed by atoms with E-state index in [1.807, 2.05) is 30.3 Å². The molecule has 0 radical (unpaired) electrons. The van der Waals surface area contributed by atoms with E-state index < -0.39 is 17.3 Å². The van der Waals surface area contributed by atoms with Crippen molar-refractivity contribution in [2.45, 2.75) is 19.7 Å². The number of aldehydes is 1. The lowest BCUT2D eigenvalue weighted by Crippen LogP contribution is -2.32. The number of nitrogens with zero attached hydrogens (tertiary/aromatic N) is 6. The van der Waals surface area contributed by atoms with Gasteiger partial charge in [0.15, 0.2) is 5.69 Å². The van der Waals surface area contributed by atoms with Crippen LogP contribution in [-0.2, 0) is 24.5 Å². The van der Waals surface area contributed by atoms with Crippen molar-refractivity contribution in [3.63, 3.8) is 0 Å². The molecule has 188 valence electrons. The number of hydrogen-bond acceptors (Lipinski definition) is 8. The first-order valence-corrected chi connectivity index (χ1v) is 11.5. The van der Waals surface area contributed by atoms with Crippen molar-refractivity contribution in [1.29, 1.82) is 0 Å². The molecule has 4 aromatic rings. The van der Waals surface area contributed by atoms with Gasteiger partial charge in [0, 0.05) is 19.6 Å². The van der Waals surface area contributed by atoms with Crippen LogP contribution in [0.2, 0.25) is 0 Å². The molecule has 0 aliphatic carbocycles. The molecule has 1 aliphatic heterocycles. The van der Waals surface area contributed by atoms with Crippen LogP contribution in [0.1, 0.15) is 21.6 Å². The molecule has 2 aromatic carbocycles. The number of carbonyl (C=O) groups is 2. The lowest BCUT2D eigenvalue weighted by molar-refractivity contribution is -0.106. The molecule has 0 atom stereocenters. The molecule has 0 saturated heterocycles. The molecule has 0 unspecified atom stereocenters. The molecule has 1 N–H and O–H groups in total. The Morgan fingerprint density at radius 2 is 2.00 bits per heavy atom. The average molecular weight is 503 g/mol. The molecule has 3 heterocycles. The molecule has 1 aliphatic rings. The van der Waals surface area contributed by atoms with Gasteiger partial charge in [0.1, 0.15) is 31.4 Å². The van der Waals surface area contributed by atoms with Gasteiger partial charge in [-0.25, -0.2) is 19.0 Å². The quantitative estimate of drug-likeness (QED) is 0.341. The Morgan fingerprint density at radius 3 is 2.76 bits per heavy atom. The SMILES string of the molecule is O=CCN1CCn2c1nc(C(=O)NCc1ccc(F)cc1-n1cncn1)c(OCc1ccccc1)c2=O. The molecule has 37 heavy (non-hydrogen) atoms. The van der Waals surface area contributed by atoms with E-state index in [4.69, 9.17) is 4.74 Å². The fourth-order valence-electron chi connectivity index (χ4n) is 4.06. The predicted octanol–water partition coefficient (Wildman–Crippen LogP) is 1.49. The lowest BCUT2D eigenvalue weighted by atomic mass is 10.1. The highest BCUT2D eigenvalue weighted by Gasteiger charge is 2.29. The smallest absolute Gasteiger partial charge is 0.298 e. The summed E-state index contributed by atoms with van der Waals surface area (Å²) in [7, 11) is 0. The van der Waals surface area contributed by atoms with E-state index in [1.54, 1.807) is 4.90 Å². The van der Waals surface area contributed by atoms with Crippen molar-refractivity contribution >= 4 is 18.1 Å². The molecule has 0 fully saturated rings. The second-order valence-electron chi connectivity index (χ2n) is 8.23. The maximum atomic E-state index is 13.9. The first-order valence-electron chi connectivity index (χ1n) is 11.5. The standard InChI is InChI=1S/C25H22FN7O4/c26-19-7-6-18(20(12-19)33-16-27-15-29-33)13-28-23(35)21-22(37-14-17-4-2-1-3-5-17)24(36)32-9-8-31(10-11-34)25(32)30-21/h1-7,11-12,15-16H,8-10,13-14H2,(H,28,35). The second kappa shape index (κ2) is 10.4. The van der Waals surface area contributed by atoms with Crippen LogP contribution in [0.4, 0.5) is 10.3 Å². The average Bonchev–Trinajstić information content (AvgIpc) is 3.59.